The van der Waals surface area contributed by atoms with Gasteiger partial charge in [0.05, 0.1) is 5.56 Å². The number of benzene rings is 4. The van der Waals surface area contributed by atoms with Gasteiger partial charge in [0.1, 0.15) is 11.9 Å². The number of carbonyl (C=O) groups excluding carboxylic acids is 1. The molecule has 0 heterocycles. The first-order valence-corrected chi connectivity index (χ1v) is 18.2. The average Bonchev–Trinajstić information content (AvgIpc) is 3.92. The fourth-order valence-electron chi connectivity index (χ4n) is 6.07. The maximum absolute atomic E-state index is 15.4. The molecule has 0 aromatic heterocycles. The summed E-state index contributed by atoms with van der Waals surface area (Å²) in [6.07, 6.45) is 1.28. The van der Waals surface area contributed by atoms with E-state index in [1.807, 2.05) is 26.8 Å². The molecular weight excluding hydrogens is 746 g/mol. The molecule has 1 unspecified atom stereocenters. The van der Waals surface area contributed by atoms with Crippen molar-refractivity contribution in [2.24, 2.45) is 0 Å². The third-order valence-corrected chi connectivity index (χ3v) is 11.3. The van der Waals surface area contributed by atoms with E-state index in [2.05, 4.69) is 5.32 Å². The first-order chi connectivity index (χ1) is 24.6. The van der Waals surface area contributed by atoms with Gasteiger partial charge in [0.25, 0.3) is 0 Å². The fraction of sp³-hybridized carbons (Fsp3) is 0.316. The smallest absolute Gasteiger partial charge is 0.335 e. The van der Waals surface area contributed by atoms with E-state index < -0.39 is 86.1 Å². The van der Waals surface area contributed by atoms with Crippen LogP contribution in [-0.2, 0) is 33.2 Å². The van der Waals surface area contributed by atoms with E-state index in [9.17, 15) is 40.7 Å². The Hall–Kier alpha value is -4.40. The highest BCUT2D eigenvalue weighted by molar-refractivity contribution is 7.89. The minimum atomic E-state index is -5.85. The first-order valence-electron chi connectivity index (χ1n) is 16.4. The molecule has 4 aromatic rings. The number of aryl methyl sites for hydroxylation is 2. The van der Waals surface area contributed by atoms with Crippen molar-refractivity contribution in [3.05, 3.63) is 127 Å². The molecule has 7 nitrogen and oxygen atoms in total. The van der Waals surface area contributed by atoms with Crippen LogP contribution in [0.3, 0.4) is 0 Å². The predicted octanol–water partition coefficient (Wildman–Crippen LogP) is 9.11. The first kappa shape index (κ1) is 39.8. The SMILES string of the molecule is Cc1cc(C(=O)O)cc(C)c1NC(=O)C(Cc1cc(C2CC2)cc(C(C)(C)C)c1)N(Cc1ccc(F)cc1Cl)S(=O)(=O)c1c(F)c(F)c(F)c(F)c1F. The predicted molar refractivity (Wildman–Crippen MR) is 186 cm³/mol. The molecule has 2 N–H and O–H groups in total. The normalized spacial score (nSPS) is 14.1. The zero-order valence-electron chi connectivity index (χ0n) is 29.2. The van der Waals surface area contributed by atoms with Crippen molar-refractivity contribution in [2.75, 3.05) is 5.32 Å². The van der Waals surface area contributed by atoms with Gasteiger partial charge >= 0.3 is 5.97 Å². The summed E-state index contributed by atoms with van der Waals surface area (Å²) in [5, 5.41) is 11.8. The molecule has 1 saturated carbocycles. The quantitative estimate of drug-likeness (QED) is 0.0899. The highest BCUT2D eigenvalue weighted by Crippen LogP contribution is 2.42. The van der Waals surface area contributed by atoms with Crippen LogP contribution in [0, 0.1) is 48.8 Å². The van der Waals surface area contributed by atoms with Gasteiger partial charge < -0.3 is 10.4 Å². The molecule has 15 heteroatoms. The number of rotatable bonds is 11. The summed E-state index contributed by atoms with van der Waals surface area (Å²) in [4.78, 5) is 24.0. The van der Waals surface area contributed by atoms with Crippen LogP contribution in [0.25, 0.3) is 0 Å². The second-order valence-corrected chi connectivity index (χ2v) is 16.4. The Morgan fingerprint density at radius 1 is 0.887 bits per heavy atom. The molecule has 4 aromatic carbocycles. The molecule has 1 atom stereocenters. The average molecular weight is 781 g/mol. The number of anilines is 1. The molecule has 0 saturated heterocycles. The van der Waals surface area contributed by atoms with Gasteiger partial charge in [-0.2, -0.15) is 4.31 Å². The molecule has 0 bridgehead atoms. The van der Waals surface area contributed by atoms with Gasteiger partial charge in [-0.1, -0.05) is 56.6 Å². The Balaban J connectivity index is 1.77. The van der Waals surface area contributed by atoms with Crippen LogP contribution in [0.2, 0.25) is 5.02 Å². The minimum absolute atomic E-state index is 0.0838. The molecule has 1 aliphatic carbocycles. The van der Waals surface area contributed by atoms with E-state index in [0.29, 0.717) is 5.56 Å². The summed E-state index contributed by atoms with van der Waals surface area (Å²) < 4.78 is 117. The van der Waals surface area contributed by atoms with Crippen molar-refractivity contribution in [3.8, 4) is 0 Å². The number of amides is 1. The van der Waals surface area contributed by atoms with Gasteiger partial charge in [-0.15, -0.1) is 0 Å². The van der Waals surface area contributed by atoms with Crippen molar-refractivity contribution in [1.29, 1.82) is 0 Å². The number of hydrogen-bond donors (Lipinski definition) is 2. The van der Waals surface area contributed by atoms with Gasteiger partial charge in [-0.05, 0) is 102 Å². The van der Waals surface area contributed by atoms with Crippen molar-refractivity contribution in [1.82, 2.24) is 4.31 Å². The highest BCUT2D eigenvalue weighted by Gasteiger charge is 2.43. The van der Waals surface area contributed by atoms with Crippen molar-refractivity contribution >= 4 is 39.2 Å². The topological polar surface area (TPSA) is 104 Å². The number of sulfonamides is 1. The third-order valence-electron chi connectivity index (χ3n) is 9.11. The lowest BCUT2D eigenvalue weighted by atomic mass is 9.83. The van der Waals surface area contributed by atoms with Gasteiger partial charge in [0, 0.05) is 17.3 Å². The molecule has 53 heavy (non-hydrogen) atoms. The zero-order chi connectivity index (χ0) is 39.3. The van der Waals surface area contributed by atoms with Crippen LogP contribution in [0.5, 0.6) is 0 Å². The van der Waals surface area contributed by atoms with E-state index in [4.69, 9.17) is 11.6 Å². The van der Waals surface area contributed by atoms with Gasteiger partial charge in [0.15, 0.2) is 28.2 Å². The van der Waals surface area contributed by atoms with E-state index in [1.165, 1.54) is 26.0 Å². The second kappa shape index (κ2) is 14.8. The molecule has 1 amide bonds. The van der Waals surface area contributed by atoms with E-state index >= 15 is 8.78 Å². The van der Waals surface area contributed by atoms with Crippen LogP contribution >= 0.6 is 11.6 Å². The Morgan fingerprint density at radius 2 is 1.45 bits per heavy atom. The lowest BCUT2D eigenvalue weighted by molar-refractivity contribution is -0.119. The number of carboxylic acids is 1. The summed E-state index contributed by atoms with van der Waals surface area (Å²) in [6.45, 7) is 7.81. The molecule has 5 rings (SSSR count). The standard InChI is InChI=1S/C38H35ClF6N2O5S/c1-18-10-24(37(49)50)11-19(2)34(18)46-36(48)28(14-20-12-23(21-6-7-21)15-25(13-20)38(3,4)5)47(17-22-8-9-26(40)16-27(22)39)53(51,52)35-32(44)30(42)29(41)31(43)33(35)45/h8-13,15-16,21,28H,6-7,14,17H2,1-5H3,(H,46,48)(H,49,50). The number of nitrogens with one attached hydrogen (secondary N) is 1. The Labute approximate surface area is 307 Å². The van der Waals surface area contributed by atoms with Crippen molar-refractivity contribution < 1.29 is 49.5 Å². The lowest BCUT2D eigenvalue weighted by Crippen LogP contribution is -2.49. The number of hydrogen-bond acceptors (Lipinski definition) is 4. The van der Waals surface area contributed by atoms with Crippen LogP contribution in [0.1, 0.15) is 83.3 Å². The van der Waals surface area contributed by atoms with Crippen LogP contribution in [0.15, 0.2) is 53.4 Å². The number of aromatic carboxylic acids is 1. The summed E-state index contributed by atoms with van der Waals surface area (Å²) in [6, 6.07) is 8.82. The van der Waals surface area contributed by atoms with Crippen LogP contribution in [0.4, 0.5) is 32.0 Å². The summed E-state index contributed by atoms with van der Waals surface area (Å²) in [5.41, 5.74) is 2.03. The van der Waals surface area contributed by atoms with E-state index in [-0.39, 0.29) is 43.2 Å². The summed E-state index contributed by atoms with van der Waals surface area (Å²) in [5.74, 6) is -16.0. The maximum atomic E-state index is 15.4. The van der Waals surface area contributed by atoms with Crippen LogP contribution in [-0.4, -0.2) is 35.7 Å². The third kappa shape index (κ3) is 8.24. The lowest BCUT2D eigenvalue weighted by Gasteiger charge is -2.32. The molecule has 0 spiro atoms. The fourth-order valence-corrected chi connectivity index (χ4v) is 7.98. The number of halogens is 7. The summed E-state index contributed by atoms with van der Waals surface area (Å²) in [7, 11) is -5.85. The molecule has 1 aliphatic rings. The number of carbonyl (C=O) groups is 2. The van der Waals surface area contributed by atoms with E-state index in [0.717, 1.165) is 42.2 Å². The molecule has 0 aliphatic heterocycles. The zero-order valence-corrected chi connectivity index (χ0v) is 30.8. The Morgan fingerprint density at radius 3 is 1.96 bits per heavy atom. The number of carboxylic acid groups (broad SMARTS) is 1. The second-order valence-electron chi connectivity index (χ2n) is 14.2. The largest absolute Gasteiger partial charge is 0.478 e. The molecule has 1 fully saturated rings. The Bertz CT molecular complexity index is 2200. The van der Waals surface area contributed by atoms with Crippen LogP contribution < -0.4 is 5.32 Å². The Kier molecular flexibility index (Phi) is 11.1. The molecular formula is C38H35ClF6N2O5S. The van der Waals surface area contributed by atoms with Crippen molar-refractivity contribution in [2.45, 2.75) is 82.7 Å². The number of nitrogens with zero attached hydrogens (tertiary/aromatic N) is 1. The molecule has 282 valence electrons. The highest BCUT2D eigenvalue weighted by atomic mass is 35.5. The van der Waals surface area contributed by atoms with Gasteiger partial charge in [0.2, 0.25) is 21.7 Å². The van der Waals surface area contributed by atoms with Gasteiger partial charge in [-0.3, -0.25) is 4.79 Å². The monoisotopic (exact) mass is 780 g/mol. The van der Waals surface area contributed by atoms with Crippen molar-refractivity contribution in [3.63, 3.8) is 0 Å². The summed E-state index contributed by atoms with van der Waals surface area (Å²) >= 11 is 6.27. The molecule has 0 radical (unpaired) electrons. The van der Waals surface area contributed by atoms with Gasteiger partial charge in [-0.25, -0.2) is 39.6 Å². The minimum Gasteiger partial charge on any atom is -0.478 e. The van der Waals surface area contributed by atoms with E-state index in [1.54, 1.807) is 12.1 Å². The maximum Gasteiger partial charge on any atom is 0.335 e.